The SMILES string of the molecule is Cc1cc(C(F)(F)F)nn1CC(C)C(=O)N1N=C(C(F)F)CC1(O)C(F)F. The molecule has 2 atom stereocenters. The highest BCUT2D eigenvalue weighted by Gasteiger charge is 2.53. The predicted octanol–water partition coefficient (Wildman–Crippen LogP) is 2.65. The van der Waals surface area contributed by atoms with E-state index in [9.17, 15) is 40.6 Å². The van der Waals surface area contributed by atoms with E-state index in [4.69, 9.17) is 0 Å². The summed E-state index contributed by atoms with van der Waals surface area (Å²) in [6.07, 6.45) is -12.8. The second kappa shape index (κ2) is 7.09. The molecule has 0 bridgehead atoms. The molecule has 152 valence electrons. The number of hydrogen-bond acceptors (Lipinski definition) is 4. The molecule has 13 heteroatoms. The number of alkyl halides is 7. The molecule has 0 aliphatic carbocycles. The summed E-state index contributed by atoms with van der Waals surface area (Å²) in [5, 5.41) is 16.2. The van der Waals surface area contributed by atoms with Crippen LogP contribution in [-0.2, 0) is 17.5 Å². The van der Waals surface area contributed by atoms with Crippen LogP contribution in [0, 0.1) is 12.8 Å². The molecule has 1 amide bonds. The average Bonchev–Trinajstić information content (AvgIpc) is 3.08. The molecule has 0 aromatic carbocycles. The summed E-state index contributed by atoms with van der Waals surface area (Å²) in [5.41, 5.74) is -5.49. The summed E-state index contributed by atoms with van der Waals surface area (Å²) in [6.45, 7) is 1.99. The lowest BCUT2D eigenvalue weighted by Crippen LogP contribution is -2.53. The fourth-order valence-electron chi connectivity index (χ4n) is 2.50. The van der Waals surface area contributed by atoms with E-state index in [1.165, 1.54) is 13.8 Å². The number of rotatable bonds is 5. The zero-order valence-electron chi connectivity index (χ0n) is 14.0. The number of halogens is 7. The van der Waals surface area contributed by atoms with Crippen LogP contribution in [0.4, 0.5) is 30.7 Å². The lowest BCUT2D eigenvalue weighted by atomic mass is 10.1. The van der Waals surface area contributed by atoms with Gasteiger partial charge in [-0.3, -0.25) is 9.48 Å². The number of hydrogen-bond donors (Lipinski definition) is 1. The van der Waals surface area contributed by atoms with Crippen LogP contribution in [0.2, 0.25) is 0 Å². The molecule has 1 aliphatic rings. The first-order chi connectivity index (χ1) is 12.3. The predicted molar refractivity (Wildman–Crippen MR) is 77.0 cm³/mol. The first kappa shape index (κ1) is 21.1. The van der Waals surface area contributed by atoms with Gasteiger partial charge in [-0.15, -0.1) is 0 Å². The molecule has 0 saturated carbocycles. The number of aromatic nitrogens is 2. The molecule has 1 N–H and O–H groups in total. The molecule has 1 aromatic rings. The van der Waals surface area contributed by atoms with Gasteiger partial charge in [0.05, 0.1) is 12.5 Å². The zero-order valence-corrected chi connectivity index (χ0v) is 14.0. The van der Waals surface area contributed by atoms with Gasteiger partial charge in [0.1, 0.15) is 5.71 Å². The summed E-state index contributed by atoms with van der Waals surface area (Å²) in [6, 6.07) is 0.732. The van der Waals surface area contributed by atoms with E-state index in [0.717, 1.165) is 10.7 Å². The van der Waals surface area contributed by atoms with Gasteiger partial charge in [0.25, 0.3) is 12.9 Å². The van der Waals surface area contributed by atoms with Crippen LogP contribution in [0.15, 0.2) is 11.2 Å². The second-order valence-corrected chi connectivity index (χ2v) is 6.15. The Labute approximate surface area is 148 Å². The molecular weight excluding hydrogens is 389 g/mol. The number of carbonyl (C=O) groups excluding carboxylic acids is 1. The Morgan fingerprint density at radius 1 is 1.33 bits per heavy atom. The lowest BCUT2D eigenvalue weighted by molar-refractivity contribution is -0.195. The lowest BCUT2D eigenvalue weighted by Gasteiger charge is -2.31. The van der Waals surface area contributed by atoms with Crippen LogP contribution < -0.4 is 0 Å². The number of carbonyl (C=O) groups is 1. The molecule has 0 radical (unpaired) electrons. The Morgan fingerprint density at radius 3 is 2.37 bits per heavy atom. The Hall–Kier alpha value is -2.18. The Bertz CT molecular complexity index is 746. The summed E-state index contributed by atoms with van der Waals surface area (Å²) in [7, 11) is 0. The van der Waals surface area contributed by atoms with Crippen LogP contribution in [0.1, 0.15) is 24.7 Å². The van der Waals surface area contributed by atoms with Gasteiger partial charge < -0.3 is 5.11 Å². The maximum absolute atomic E-state index is 13.2. The van der Waals surface area contributed by atoms with Gasteiger partial charge in [-0.1, -0.05) is 6.92 Å². The van der Waals surface area contributed by atoms with Crippen molar-refractivity contribution in [3.8, 4) is 0 Å². The molecule has 2 unspecified atom stereocenters. The Morgan fingerprint density at radius 2 is 1.93 bits per heavy atom. The van der Waals surface area contributed by atoms with Crippen LogP contribution in [0.5, 0.6) is 0 Å². The molecule has 6 nitrogen and oxygen atoms in total. The maximum Gasteiger partial charge on any atom is 0.435 e. The topological polar surface area (TPSA) is 70.7 Å². The fraction of sp³-hybridized carbons (Fsp3) is 0.643. The highest BCUT2D eigenvalue weighted by molar-refractivity contribution is 5.93. The fourth-order valence-corrected chi connectivity index (χ4v) is 2.50. The number of aryl methyl sites for hydroxylation is 1. The molecular formula is C14H15F7N4O2. The quantitative estimate of drug-likeness (QED) is 0.768. The molecule has 0 saturated heterocycles. The first-order valence-corrected chi connectivity index (χ1v) is 7.59. The zero-order chi connectivity index (χ0) is 20.7. The number of aliphatic hydroxyl groups is 1. The number of nitrogens with zero attached hydrogens (tertiary/aromatic N) is 4. The van der Waals surface area contributed by atoms with Crippen LogP contribution in [0.25, 0.3) is 0 Å². The van der Waals surface area contributed by atoms with Gasteiger partial charge in [0.15, 0.2) is 5.69 Å². The van der Waals surface area contributed by atoms with Gasteiger partial charge in [0.2, 0.25) is 11.6 Å². The van der Waals surface area contributed by atoms with E-state index in [0.29, 0.717) is 0 Å². The molecule has 0 spiro atoms. The highest BCUT2D eigenvalue weighted by atomic mass is 19.4. The molecule has 2 heterocycles. The van der Waals surface area contributed by atoms with E-state index in [2.05, 4.69) is 10.2 Å². The third kappa shape index (κ3) is 4.06. The van der Waals surface area contributed by atoms with Crippen molar-refractivity contribution < 1.29 is 40.6 Å². The van der Waals surface area contributed by atoms with E-state index >= 15 is 0 Å². The third-order valence-corrected chi connectivity index (χ3v) is 3.99. The first-order valence-electron chi connectivity index (χ1n) is 7.59. The van der Waals surface area contributed by atoms with Crippen molar-refractivity contribution in [2.45, 2.75) is 51.6 Å². The standard InChI is InChI=1S/C14H15F7N4O2/c1-6(5-24-7(2)3-9(23-24)14(19,20)21)11(26)25-13(27,12(17)18)4-8(22-25)10(15)16/h3,6,10,12,27H,4-5H2,1-2H3. The third-order valence-electron chi connectivity index (χ3n) is 3.99. The van der Waals surface area contributed by atoms with E-state index in [1.807, 2.05) is 0 Å². The van der Waals surface area contributed by atoms with Crippen LogP contribution in [-0.4, -0.2) is 50.1 Å². The summed E-state index contributed by atoms with van der Waals surface area (Å²) in [5.74, 6) is -2.53. The van der Waals surface area contributed by atoms with Crippen molar-refractivity contribution in [3.05, 3.63) is 17.5 Å². The molecule has 1 aromatic heterocycles. The minimum atomic E-state index is -4.72. The van der Waals surface area contributed by atoms with E-state index in [-0.39, 0.29) is 10.7 Å². The highest BCUT2D eigenvalue weighted by Crippen LogP contribution is 2.34. The van der Waals surface area contributed by atoms with Crippen LogP contribution in [0.3, 0.4) is 0 Å². The van der Waals surface area contributed by atoms with Crippen molar-refractivity contribution in [1.82, 2.24) is 14.8 Å². The maximum atomic E-state index is 13.2. The molecule has 1 aliphatic heterocycles. The van der Waals surface area contributed by atoms with E-state index < -0.39 is 60.9 Å². The second-order valence-electron chi connectivity index (χ2n) is 6.15. The van der Waals surface area contributed by atoms with Gasteiger partial charge in [0, 0.05) is 12.1 Å². The average molecular weight is 404 g/mol. The normalized spacial score (nSPS) is 21.9. The van der Waals surface area contributed by atoms with Gasteiger partial charge >= 0.3 is 6.18 Å². The molecule has 0 fully saturated rings. The molecule has 27 heavy (non-hydrogen) atoms. The van der Waals surface area contributed by atoms with Crippen molar-refractivity contribution in [2.75, 3.05) is 0 Å². The minimum absolute atomic E-state index is 0.0456. The van der Waals surface area contributed by atoms with Crippen molar-refractivity contribution in [2.24, 2.45) is 11.0 Å². The van der Waals surface area contributed by atoms with Crippen molar-refractivity contribution in [3.63, 3.8) is 0 Å². The summed E-state index contributed by atoms with van der Waals surface area (Å²) >= 11 is 0. The monoisotopic (exact) mass is 404 g/mol. The molecule has 2 rings (SSSR count). The Balaban J connectivity index is 2.24. The van der Waals surface area contributed by atoms with Crippen LogP contribution >= 0.6 is 0 Å². The smallest absolute Gasteiger partial charge is 0.364 e. The van der Waals surface area contributed by atoms with Crippen molar-refractivity contribution in [1.29, 1.82) is 0 Å². The largest absolute Gasteiger partial charge is 0.435 e. The van der Waals surface area contributed by atoms with Gasteiger partial charge in [-0.2, -0.15) is 28.4 Å². The number of amides is 1. The summed E-state index contributed by atoms with van der Waals surface area (Å²) in [4.78, 5) is 12.4. The Kier molecular flexibility index (Phi) is 5.55. The van der Waals surface area contributed by atoms with Gasteiger partial charge in [-0.25, -0.2) is 17.6 Å². The number of hydrazone groups is 1. The van der Waals surface area contributed by atoms with Gasteiger partial charge in [-0.05, 0) is 13.0 Å². The minimum Gasteiger partial charge on any atom is -0.364 e. The van der Waals surface area contributed by atoms with E-state index in [1.54, 1.807) is 0 Å². The van der Waals surface area contributed by atoms with Crippen molar-refractivity contribution >= 4 is 11.6 Å². The summed E-state index contributed by atoms with van der Waals surface area (Å²) < 4.78 is 90.7.